The number of hydrogen-bond acceptors (Lipinski definition) is 3. The first-order valence-electron chi connectivity index (χ1n) is 5.59. The Morgan fingerprint density at radius 1 is 1.44 bits per heavy atom. The van der Waals surface area contributed by atoms with Crippen LogP contribution < -0.4 is 0 Å². The van der Waals surface area contributed by atoms with Crippen molar-refractivity contribution in [1.82, 2.24) is 0 Å². The lowest BCUT2D eigenvalue weighted by atomic mass is 10.1. The lowest BCUT2D eigenvalue weighted by Crippen LogP contribution is -2.17. The van der Waals surface area contributed by atoms with Gasteiger partial charge in [-0.2, -0.15) is 0 Å². The molecule has 0 unspecified atom stereocenters. The van der Waals surface area contributed by atoms with Crippen molar-refractivity contribution < 1.29 is 14.3 Å². The van der Waals surface area contributed by atoms with E-state index in [0.29, 0.717) is 18.1 Å². The van der Waals surface area contributed by atoms with Crippen LogP contribution in [0.15, 0.2) is 30.3 Å². The molecular formula is C13H16O3. The Morgan fingerprint density at radius 3 is 2.81 bits per heavy atom. The van der Waals surface area contributed by atoms with Gasteiger partial charge in [-0.1, -0.05) is 25.1 Å². The van der Waals surface area contributed by atoms with Gasteiger partial charge in [-0.15, -0.1) is 0 Å². The molecule has 1 fully saturated rings. The molecule has 1 saturated heterocycles. The first-order valence-corrected chi connectivity index (χ1v) is 5.59. The van der Waals surface area contributed by atoms with Gasteiger partial charge in [0.1, 0.15) is 6.61 Å². The van der Waals surface area contributed by atoms with Gasteiger partial charge >= 0.3 is 5.97 Å². The molecule has 86 valence electrons. The van der Waals surface area contributed by atoms with Crippen LogP contribution in [0, 0.1) is 5.92 Å². The van der Waals surface area contributed by atoms with Gasteiger partial charge in [0, 0.05) is 6.61 Å². The van der Waals surface area contributed by atoms with E-state index in [1.165, 1.54) is 0 Å². The molecule has 1 aliphatic heterocycles. The third-order valence-electron chi connectivity index (χ3n) is 2.69. The zero-order valence-electron chi connectivity index (χ0n) is 9.39. The number of rotatable bonds is 3. The standard InChI is InChI=1S/C13H16O3/c1-10-7-12(15-8-10)9-16-13(14)11-5-3-2-4-6-11/h2-6,10,12H,7-9H2,1H3/t10-,12-/m0/s1. The van der Waals surface area contributed by atoms with E-state index in [2.05, 4.69) is 6.92 Å². The molecule has 0 radical (unpaired) electrons. The second-order valence-corrected chi connectivity index (χ2v) is 4.26. The van der Waals surface area contributed by atoms with Crippen molar-refractivity contribution in [3.63, 3.8) is 0 Å². The minimum absolute atomic E-state index is 0.0719. The average molecular weight is 220 g/mol. The maximum absolute atomic E-state index is 11.6. The third kappa shape index (κ3) is 2.83. The Kier molecular flexibility index (Phi) is 3.57. The fourth-order valence-electron chi connectivity index (χ4n) is 1.83. The second kappa shape index (κ2) is 5.12. The summed E-state index contributed by atoms with van der Waals surface area (Å²) in [6.07, 6.45) is 1.05. The Labute approximate surface area is 95.4 Å². The van der Waals surface area contributed by atoms with Gasteiger partial charge in [0.2, 0.25) is 0 Å². The zero-order chi connectivity index (χ0) is 11.4. The van der Waals surface area contributed by atoms with Crippen LogP contribution in [0.5, 0.6) is 0 Å². The maximum Gasteiger partial charge on any atom is 0.338 e. The highest BCUT2D eigenvalue weighted by Gasteiger charge is 2.23. The summed E-state index contributed by atoms with van der Waals surface area (Å²) < 4.78 is 10.7. The van der Waals surface area contributed by atoms with Crippen LogP contribution in [0.4, 0.5) is 0 Å². The van der Waals surface area contributed by atoms with E-state index in [1.54, 1.807) is 12.1 Å². The van der Waals surface area contributed by atoms with E-state index in [9.17, 15) is 4.79 Å². The molecule has 1 aromatic carbocycles. The van der Waals surface area contributed by atoms with Crippen molar-refractivity contribution >= 4 is 5.97 Å². The molecule has 16 heavy (non-hydrogen) atoms. The number of carbonyl (C=O) groups excluding carboxylic acids is 1. The molecule has 1 aromatic rings. The van der Waals surface area contributed by atoms with E-state index >= 15 is 0 Å². The van der Waals surface area contributed by atoms with Crippen LogP contribution in [0.25, 0.3) is 0 Å². The molecule has 0 spiro atoms. The van der Waals surface area contributed by atoms with Crippen LogP contribution in [-0.2, 0) is 9.47 Å². The molecule has 0 bridgehead atoms. The van der Waals surface area contributed by atoms with Crippen LogP contribution in [0.1, 0.15) is 23.7 Å². The fraction of sp³-hybridized carbons (Fsp3) is 0.462. The van der Waals surface area contributed by atoms with Crippen LogP contribution in [-0.4, -0.2) is 25.3 Å². The van der Waals surface area contributed by atoms with Crippen LogP contribution in [0.3, 0.4) is 0 Å². The zero-order valence-corrected chi connectivity index (χ0v) is 9.39. The number of hydrogen-bond donors (Lipinski definition) is 0. The summed E-state index contributed by atoms with van der Waals surface area (Å²) in [5, 5.41) is 0. The molecule has 3 heteroatoms. The SMILES string of the molecule is C[C@@H]1CO[C@H](COC(=O)c2ccccc2)C1. The predicted octanol–water partition coefficient (Wildman–Crippen LogP) is 2.27. The predicted molar refractivity (Wildman–Crippen MR) is 60.2 cm³/mol. The Bertz CT molecular complexity index is 347. The topological polar surface area (TPSA) is 35.5 Å². The number of benzene rings is 1. The molecule has 1 heterocycles. The van der Waals surface area contributed by atoms with Crippen molar-refractivity contribution in [2.45, 2.75) is 19.4 Å². The summed E-state index contributed by atoms with van der Waals surface area (Å²) in [6.45, 7) is 3.27. The molecule has 0 N–H and O–H groups in total. The van der Waals surface area contributed by atoms with Gasteiger partial charge in [0.05, 0.1) is 11.7 Å². The second-order valence-electron chi connectivity index (χ2n) is 4.26. The quantitative estimate of drug-likeness (QED) is 0.733. The highest BCUT2D eigenvalue weighted by atomic mass is 16.6. The lowest BCUT2D eigenvalue weighted by molar-refractivity contribution is 0.0158. The Morgan fingerprint density at radius 2 is 2.19 bits per heavy atom. The Hall–Kier alpha value is -1.35. The van der Waals surface area contributed by atoms with E-state index in [4.69, 9.17) is 9.47 Å². The number of ether oxygens (including phenoxy) is 2. The molecule has 0 aromatic heterocycles. The van der Waals surface area contributed by atoms with E-state index < -0.39 is 0 Å². The van der Waals surface area contributed by atoms with E-state index in [0.717, 1.165) is 13.0 Å². The van der Waals surface area contributed by atoms with Crippen molar-refractivity contribution in [3.05, 3.63) is 35.9 Å². The van der Waals surface area contributed by atoms with Crippen LogP contribution >= 0.6 is 0 Å². The Balaban J connectivity index is 1.80. The van der Waals surface area contributed by atoms with Crippen molar-refractivity contribution in [2.24, 2.45) is 5.92 Å². The molecule has 0 aliphatic carbocycles. The first-order chi connectivity index (χ1) is 7.75. The van der Waals surface area contributed by atoms with Gasteiger partial charge in [-0.3, -0.25) is 0 Å². The highest BCUT2D eigenvalue weighted by Crippen LogP contribution is 2.19. The molecule has 0 amide bonds. The highest BCUT2D eigenvalue weighted by molar-refractivity contribution is 5.89. The van der Waals surface area contributed by atoms with Crippen molar-refractivity contribution in [3.8, 4) is 0 Å². The summed E-state index contributed by atoms with van der Waals surface area (Å²) in [4.78, 5) is 11.6. The third-order valence-corrected chi connectivity index (χ3v) is 2.69. The molecule has 2 atom stereocenters. The van der Waals surface area contributed by atoms with Crippen molar-refractivity contribution in [1.29, 1.82) is 0 Å². The maximum atomic E-state index is 11.6. The average Bonchev–Trinajstić information content (AvgIpc) is 2.73. The summed E-state index contributed by atoms with van der Waals surface area (Å²) in [7, 11) is 0. The minimum atomic E-state index is -0.274. The first kappa shape index (κ1) is 11.1. The smallest absolute Gasteiger partial charge is 0.338 e. The van der Waals surface area contributed by atoms with Crippen LogP contribution in [0.2, 0.25) is 0 Å². The fourth-order valence-corrected chi connectivity index (χ4v) is 1.83. The summed E-state index contributed by atoms with van der Waals surface area (Å²) in [5.41, 5.74) is 0.591. The molecule has 1 aliphatic rings. The summed E-state index contributed by atoms with van der Waals surface area (Å²) >= 11 is 0. The minimum Gasteiger partial charge on any atom is -0.459 e. The van der Waals surface area contributed by atoms with E-state index in [-0.39, 0.29) is 12.1 Å². The molecule has 2 rings (SSSR count). The van der Waals surface area contributed by atoms with Gasteiger partial charge in [0.15, 0.2) is 0 Å². The molecule has 0 saturated carbocycles. The molecular weight excluding hydrogens is 204 g/mol. The largest absolute Gasteiger partial charge is 0.459 e. The molecule has 3 nitrogen and oxygen atoms in total. The van der Waals surface area contributed by atoms with Crippen molar-refractivity contribution in [2.75, 3.05) is 13.2 Å². The number of carbonyl (C=O) groups is 1. The van der Waals surface area contributed by atoms with Gasteiger partial charge in [-0.25, -0.2) is 4.79 Å². The summed E-state index contributed by atoms with van der Waals surface area (Å²) in [6, 6.07) is 9.02. The lowest BCUT2D eigenvalue weighted by Gasteiger charge is -2.10. The van der Waals surface area contributed by atoms with Gasteiger partial charge in [-0.05, 0) is 24.5 Å². The normalized spacial score (nSPS) is 24.3. The monoisotopic (exact) mass is 220 g/mol. The number of esters is 1. The summed E-state index contributed by atoms with van der Waals surface area (Å²) in [5.74, 6) is 0.296. The van der Waals surface area contributed by atoms with E-state index in [1.807, 2.05) is 18.2 Å². The van der Waals surface area contributed by atoms with Gasteiger partial charge in [0.25, 0.3) is 0 Å². The van der Waals surface area contributed by atoms with Gasteiger partial charge < -0.3 is 9.47 Å².